The number of hydrogen-bond donors (Lipinski definition) is 1. The van der Waals surface area contributed by atoms with Gasteiger partial charge in [0.1, 0.15) is 4.90 Å². The Hall–Kier alpha value is -2.16. The maximum absolute atomic E-state index is 12.1. The highest BCUT2D eigenvalue weighted by molar-refractivity contribution is 7.90. The molecule has 1 aromatic rings. The maximum Gasteiger partial charge on any atom is 0.288 e. The highest BCUT2D eigenvalue weighted by Gasteiger charge is 2.22. The lowest BCUT2D eigenvalue weighted by Gasteiger charge is -2.26. The Bertz CT molecular complexity index is 727. The maximum atomic E-state index is 12.1. The Balaban J connectivity index is 2.00. The second-order valence-corrected chi connectivity index (χ2v) is 7.81. The van der Waals surface area contributed by atoms with Crippen molar-refractivity contribution < 1.29 is 18.1 Å². The summed E-state index contributed by atoms with van der Waals surface area (Å²) < 4.78 is 23.4. The van der Waals surface area contributed by atoms with Crippen molar-refractivity contribution in [1.82, 2.24) is 4.90 Å². The van der Waals surface area contributed by atoms with Crippen LogP contribution in [0.15, 0.2) is 23.1 Å². The lowest BCUT2D eigenvalue weighted by Crippen LogP contribution is -2.36. The highest BCUT2D eigenvalue weighted by Crippen LogP contribution is 2.27. The first-order valence-electron chi connectivity index (χ1n) is 7.79. The van der Waals surface area contributed by atoms with E-state index in [4.69, 9.17) is 0 Å². The van der Waals surface area contributed by atoms with Crippen LogP contribution in [0.2, 0.25) is 0 Å². The van der Waals surface area contributed by atoms with Crippen molar-refractivity contribution in [2.75, 3.05) is 31.2 Å². The molecule has 1 amide bonds. The summed E-state index contributed by atoms with van der Waals surface area (Å²) in [7, 11) is -3.72. The van der Waals surface area contributed by atoms with Gasteiger partial charge in [-0.2, -0.15) is 0 Å². The molecule has 24 heavy (non-hydrogen) atoms. The summed E-state index contributed by atoms with van der Waals surface area (Å²) in [5.74, 6) is 0.0625. The number of nitro benzene ring substituents is 1. The van der Waals surface area contributed by atoms with Gasteiger partial charge in [0, 0.05) is 44.1 Å². The molecular formula is C15H21N3O5S. The Labute approximate surface area is 140 Å². The third-order valence-corrected chi connectivity index (χ3v) is 5.06. The smallest absolute Gasteiger partial charge is 0.288 e. The average molecular weight is 355 g/mol. The molecule has 0 unspecified atom stereocenters. The number of benzene rings is 1. The highest BCUT2D eigenvalue weighted by atomic mass is 32.2. The van der Waals surface area contributed by atoms with Gasteiger partial charge in [-0.25, -0.2) is 8.42 Å². The van der Waals surface area contributed by atoms with Crippen molar-refractivity contribution in [3.05, 3.63) is 28.3 Å². The van der Waals surface area contributed by atoms with E-state index in [0.29, 0.717) is 18.7 Å². The molecule has 1 heterocycles. The van der Waals surface area contributed by atoms with Crippen LogP contribution in [0.5, 0.6) is 0 Å². The number of rotatable bonds is 6. The predicted octanol–water partition coefficient (Wildman–Crippen LogP) is 1.81. The molecule has 0 bridgehead atoms. The summed E-state index contributed by atoms with van der Waals surface area (Å²) >= 11 is 0. The molecule has 2 rings (SSSR count). The number of piperidine rings is 1. The standard InChI is InChI=1S/C15H21N3O5S/c1-24(22,23)14-11-12(5-6-13(14)18(20)21)16-8-7-15(19)17-9-3-2-4-10-17/h5-6,11,16H,2-4,7-10H2,1H3. The van der Waals surface area contributed by atoms with Crippen LogP contribution in [0.1, 0.15) is 25.7 Å². The number of nitrogens with zero attached hydrogens (tertiary/aromatic N) is 2. The zero-order valence-electron chi connectivity index (χ0n) is 13.5. The van der Waals surface area contributed by atoms with Crippen molar-refractivity contribution >= 4 is 27.1 Å². The van der Waals surface area contributed by atoms with Crippen molar-refractivity contribution in [2.24, 2.45) is 0 Å². The molecule has 1 aliphatic rings. The van der Waals surface area contributed by atoms with E-state index in [9.17, 15) is 23.3 Å². The van der Waals surface area contributed by atoms with Crippen LogP contribution in [-0.2, 0) is 14.6 Å². The third kappa shape index (κ3) is 4.67. The van der Waals surface area contributed by atoms with Gasteiger partial charge in [0.25, 0.3) is 5.69 Å². The van der Waals surface area contributed by atoms with E-state index in [1.165, 1.54) is 12.1 Å². The fourth-order valence-electron chi connectivity index (χ4n) is 2.69. The third-order valence-electron chi connectivity index (χ3n) is 3.93. The van der Waals surface area contributed by atoms with Gasteiger partial charge in [-0.1, -0.05) is 0 Å². The van der Waals surface area contributed by atoms with Gasteiger partial charge in [0.2, 0.25) is 5.91 Å². The van der Waals surface area contributed by atoms with Crippen molar-refractivity contribution in [3.63, 3.8) is 0 Å². The molecule has 1 fully saturated rings. The molecule has 1 saturated heterocycles. The van der Waals surface area contributed by atoms with Crippen molar-refractivity contribution in [1.29, 1.82) is 0 Å². The molecule has 0 atom stereocenters. The zero-order valence-corrected chi connectivity index (χ0v) is 14.3. The SMILES string of the molecule is CS(=O)(=O)c1cc(NCCC(=O)N2CCCCC2)ccc1[N+](=O)[O-]. The van der Waals surface area contributed by atoms with Gasteiger partial charge < -0.3 is 10.2 Å². The number of anilines is 1. The fourth-order valence-corrected chi connectivity index (χ4v) is 3.55. The molecule has 0 spiro atoms. The Morgan fingerprint density at radius 2 is 1.96 bits per heavy atom. The monoisotopic (exact) mass is 355 g/mol. The number of likely N-dealkylation sites (tertiary alicyclic amines) is 1. The number of carbonyl (C=O) groups excluding carboxylic acids is 1. The van der Waals surface area contributed by atoms with E-state index >= 15 is 0 Å². The van der Waals surface area contributed by atoms with Gasteiger partial charge in [0.05, 0.1) is 4.92 Å². The van der Waals surface area contributed by atoms with Gasteiger partial charge in [-0.05, 0) is 31.4 Å². The Kier molecular flexibility index (Phi) is 5.76. The number of amides is 1. The number of nitro groups is 1. The summed E-state index contributed by atoms with van der Waals surface area (Å²) in [5, 5.41) is 13.9. The first-order chi connectivity index (χ1) is 11.3. The quantitative estimate of drug-likeness (QED) is 0.615. The minimum Gasteiger partial charge on any atom is -0.384 e. The van der Waals surface area contributed by atoms with E-state index in [1.54, 1.807) is 0 Å². The second-order valence-electron chi connectivity index (χ2n) is 5.83. The van der Waals surface area contributed by atoms with Crippen LogP contribution in [-0.4, -0.2) is 50.0 Å². The van der Waals surface area contributed by atoms with Gasteiger partial charge >= 0.3 is 0 Å². The topological polar surface area (TPSA) is 110 Å². The van der Waals surface area contributed by atoms with E-state index < -0.39 is 20.4 Å². The number of carbonyl (C=O) groups is 1. The predicted molar refractivity (Wildman–Crippen MR) is 89.7 cm³/mol. The van der Waals surface area contributed by atoms with Crippen LogP contribution >= 0.6 is 0 Å². The lowest BCUT2D eigenvalue weighted by molar-refractivity contribution is -0.387. The fraction of sp³-hybridized carbons (Fsp3) is 0.533. The summed E-state index contributed by atoms with van der Waals surface area (Å²) in [6.45, 7) is 1.92. The van der Waals surface area contributed by atoms with Gasteiger partial charge in [-0.15, -0.1) is 0 Å². The summed E-state index contributed by atoms with van der Waals surface area (Å²) in [6, 6.07) is 3.84. The summed E-state index contributed by atoms with van der Waals surface area (Å²) in [6.07, 6.45) is 4.43. The minimum absolute atomic E-state index is 0.0625. The Morgan fingerprint density at radius 1 is 1.29 bits per heavy atom. The van der Waals surface area contributed by atoms with Gasteiger partial charge in [-0.3, -0.25) is 14.9 Å². The van der Waals surface area contributed by atoms with E-state index in [2.05, 4.69) is 5.32 Å². The summed E-state index contributed by atoms with van der Waals surface area (Å²) in [5.41, 5.74) is -0.0140. The minimum atomic E-state index is -3.72. The van der Waals surface area contributed by atoms with E-state index in [0.717, 1.165) is 44.7 Å². The summed E-state index contributed by atoms with van der Waals surface area (Å²) in [4.78, 5) is 23.8. The van der Waals surface area contributed by atoms with Crippen molar-refractivity contribution in [3.8, 4) is 0 Å². The molecule has 1 N–H and O–H groups in total. The largest absolute Gasteiger partial charge is 0.384 e. The first-order valence-corrected chi connectivity index (χ1v) is 9.68. The van der Waals surface area contributed by atoms with Crippen LogP contribution < -0.4 is 5.32 Å². The molecule has 1 aromatic carbocycles. The average Bonchev–Trinajstić information content (AvgIpc) is 2.54. The first kappa shape index (κ1) is 18.2. The van der Waals surface area contributed by atoms with Crippen LogP contribution in [0.4, 0.5) is 11.4 Å². The van der Waals surface area contributed by atoms with Crippen molar-refractivity contribution in [2.45, 2.75) is 30.6 Å². The lowest BCUT2D eigenvalue weighted by atomic mass is 10.1. The van der Waals surface area contributed by atoms with Crippen LogP contribution in [0.25, 0.3) is 0 Å². The van der Waals surface area contributed by atoms with Gasteiger partial charge in [0.15, 0.2) is 9.84 Å². The number of hydrogen-bond acceptors (Lipinski definition) is 6. The normalized spacial score (nSPS) is 15.1. The van der Waals surface area contributed by atoms with Crippen LogP contribution in [0, 0.1) is 10.1 Å². The second kappa shape index (κ2) is 7.61. The number of sulfone groups is 1. The molecule has 8 nitrogen and oxygen atoms in total. The molecule has 0 radical (unpaired) electrons. The van der Waals surface area contributed by atoms with Crippen LogP contribution in [0.3, 0.4) is 0 Å². The molecule has 0 saturated carbocycles. The molecule has 0 aromatic heterocycles. The molecule has 1 aliphatic heterocycles. The molecule has 0 aliphatic carbocycles. The number of nitrogens with one attached hydrogen (secondary N) is 1. The molecular weight excluding hydrogens is 334 g/mol. The Morgan fingerprint density at radius 3 is 2.54 bits per heavy atom. The van der Waals surface area contributed by atoms with E-state index in [-0.39, 0.29) is 10.8 Å². The molecule has 9 heteroatoms. The molecule has 132 valence electrons. The van der Waals surface area contributed by atoms with E-state index in [1.807, 2.05) is 4.90 Å². The zero-order chi connectivity index (χ0) is 17.7.